The van der Waals surface area contributed by atoms with Gasteiger partial charge in [0.15, 0.2) is 10.9 Å². The van der Waals surface area contributed by atoms with Gasteiger partial charge in [0.05, 0.1) is 0 Å². The molecule has 2 rings (SSSR count). The largest absolute Gasteiger partial charge is 0.294 e. The molecule has 1 amide bonds. The molecule has 1 saturated heterocycles. The second-order valence-corrected chi connectivity index (χ2v) is 5.33. The van der Waals surface area contributed by atoms with Crippen LogP contribution in [0.1, 0.15) is 19.0 Å². The smallest absolute Gasteiger partial charge is 0.229 e. The Morgan fingerprint density at radius 2 is 2.44 bits per heavy atom. The number of aromatic nitrogens is 2. The molecule has 2 heterocycles. The van der Waals surface area contributed by atoms with Crippen LogP contribution in [0.4, 0.5) is 5.82 Å². The molecule has 1 aliphatic heterocycles. The predicted molar refractivity (Wildman–Crippen MR) is 62.4 cm³/mol. The normalized spacial score (nSPS) is 20.5. The van der Waals surface area contributed by atoms with Crippen molar-refractivity contribution in [2.24, 2.45) is 0 Å². The molecule has 6 heteroatoms. The summed E-state index contributed by atoms with van der Waals surface area (Å²) in [7, 11) is 0. The van der Waals surface area contributed by atoms with Gasteiger partial charge >= 0.3 is 0 Å². The average Bonchev–Trinajstić information content (AvgIpc) is 2.72. The highest BCUT2D eigenvalue weighted by Crippen LogP contribution is 2.27. The van der Waals surface area contributed by atoms with E-state index in [-0.39, 0.29) is 16.3 Å². The molecule has 0 bridgehead atoms. The summed E-state index contributed by atoms with van der Waals surface area (Å²) < 4.78 is 0. The molecule has 1 fully saturated rings. The number of H-pyrrole nitrogens is 1. The van der Waals surface area contributed by atoms with Crippen molar-refractivity contribution < 1.29 is 9.59 Å². The summed E-state index contributed by atoms with van der Waals surface area (Å²) in [4.78, 5) is 24.3. The number of rotatable bonds is 2. The SMILES string of the molecule is CC(=O)SC1CC(=O)N(c2cc(C)[nH]n2)C1. The summed E-state index contributed by atoms with van der Waals surface area (Å²) in [5.74, 6) is 0.680. The maximum absolute atomic E-state index is 11.7. The Morgan fingerprint density at radius 1 is 1.69 bits per heavy atom. The average molecular weight is 239 g/mol. The molecule has 86 valence electrons. The minimum atomic E-state index is 0.0326. The van der Waals surface area contributed by atoms with E-state index in [1.807, 2.05) is 13.0 Å². The van der Waals surface area contributed by atoms with E-state index < -0.39 is 0 Å². The highest BCUT2D eigenvalue weighted by atomic mass is 32.2. The fraction of sp³-hybridized carbons (Fsp3) is 0.500. The monoisotopic (exact) mass is 239 g/mol. The molecule has 16 heavy (non-hydrogen) atoms. The van der Waals surface area contributed by atoms with Gasteiger partial charge in [0.1, 0.15) is 0 Å². The molecule has 0 saturated carbocycles. The number of nitrogens with zero attached hydrogens (tertiary/aromatic N) is 2. The van der Waals surface area contributed by atoms with E-state index in [0.29, 0.717) is 18.8 Å². The van der Waals surface area contributed by atoms with Crippen LogP contribution < -0.4 is 4.90 Å². The van der Waals surface area contributed by atoms with Crippen molar-refractivity contribution in [3.63, 3.8) is 0 Å². The van der Waals surface area contributed by atoms with Crippen LogP contribution in [0.3, 0.4) is 0 Å². The molecule has 0 radical (unpaired) electrons. The van der Waals surface area contributed by atoms with Gasteiger partial charge in [-0.3, -0.25) is 19.6 Å². The Kier molecular flexibility index (Phi) is 3.00. The third kappa shape index (κ3) is 2.27. The number of carbonyl (C=O) groups is 2. The van der Waals surface area contributed by atoms with E-state index in [1.54, 1.807) is 4.90 Å². The number of hydrogen-bond donors (Lipinski definition) is 1. The second-order valence-electron chi connectivity index (χ2n) is 3.85. The molecule has 0 spiro atoms. The molecule has 1 aromatic rings. The van der Waals surface area contributed by atoms with Crippen LogP contribution in [0.5, 0.6) is 0 Å². The highest BCUT2D eigenvalue weighted by molar-refractivity contribution is 8.14. The quantitative estimate of drug-likeness (QED) is 0.839. The van der Waals surface area contributed by atoms with Crippen LogP contribution in [0, 0.1) is 6.92 Å². The molecule has 5 nitrogen and oxygen atoms in total. The number of hydrogen-bond acceptors (Lipinski definition) is 4. The molecule has 1 aromatic heterocycles. The molecule has 0 aliphatic carbocycles. The Bertz CT molecular complexity index is 429. The molecule has 0 aromatic carbocycles. The molecule has 1 atom stereocenters. The summed E-state index contributed by atoms with van der Waals surface area (Å²) in [6.07, 6.45) is 0.413. The number of carbonyl (C=O) groups excluding carboxylic acids is 2. The van der Waals surface area contributed by atoms with Crippen molar-refractivity contribution in [2.45, 2.75) is 25.5 Å². The van der Waals surface area contributed by atoms with Gasteiger partial charge in [-0.05, 0) is 6.92 Å². The molecular formula is C10H13N3O2S. The zero-order valence-corrected chi connectivity index (χ0v) is 10.0. The van der Waals surface area contributed by atoms with Crippen molar-refractivity contribution >= 4 is 28.6 Å². The Balaban J connectivity index is 2.08. The minimum Gasteiger partial charge on any atom is -0.294 e. The van der Waals surface area contributed by atoms with E-state index >= 15 is 0 Å². The number of anilines is 1. The van der Waals surface area contributed by atoms with Gasteiger partial charge in [0.2, 0.25) is 5.91 Å². The zero-order chi connectivity index (χ0) is 11.7. The molecule has 1 aliphatic rings. The van der Waals surface area contributed by atoms with Gasteiger partial charge in [0.25, 0.3) is 0 Å². The van der Waals surface area contributed by atoms with Crippen LogP contribution in [-0.4, -0.2) is 33.0 Å². The maximum atomic E-state index is 11.7. The van der Waals surface area contributed by atoms with Crippen LogP contribution in [-0.2, 0) is 9.59 Å². The van der Waals surface area contributed by atoms with Gasteiger partial charge in [-0.15, -0.1) is 0 Å². The van der Waals surface area contributed by atoms with Gasteiger partial charge in [-0.1, -0.05) is 11.8 Å². The summed E-state index contributed by atoms with van der Waals surface area (Å²) in [6, 6.07) is 1.83. The number of aromatic amines is 1. The van der Waals surface area contributed by atoms with E-state index in [9.17, 15) is 9.59 Å². The first-order chi connectivity index (χ1) is 7.56. The summed E-state index contributed by atoms with van der Waals surface area (Å²) in [5, 5.41) is 6.96. The lowest BCUT2D eigenvalue weighted by Crippen LogP contribution is -2.25. The van der Waals surface area contributed by atoms with Gasteiger partial charge in [-0.2, -0.15) is 5.10 Å². The van der Waals surface area contributed by atoms with E-state index in [0.717, 1.165) is 5.69 Å². The first-order valence-corrected chi connectivity index (χ1v) is 5.94. The first kappa shape index (κ1) is 11.2. The van der Waals surface area contributed by atoms with Gasteiger partial charge in [0, 0.05) is 36.9 Å². The Morgan fingerprint density at radius 3 is 3.00 bits per heavy atom. The minimum absolute atomic E-state index is 0.0326. The Labute approximate surface area is 97.6 Å². The van der Waals surface area contributed by atoms with Crippen LogP contribution in [0.15, 0.2) is 6.07 Å². The number of aryl methyl sites for hydroxylation is 1. The number of thioether (sulfide) groups is 1. The van der Waals surface area contributed by atoms with E-state index in [4.69, 9.17) is 0 Å². The van der Waals surface area contributed by atoms with Gasteiger partial charge in [-0.25, -0.2) is 0 Å². The number of amides is 1. The maximum Gasteiger partial charge on any atom is 0.229 e. The third-order valence-electron chi connectivity index (χ3n) is 2.39. The molecule has 1 unspecified atom stereocenters. The predicted octanol–water partition coefficient (Wildman–Crippen LogP) is 1.10. The van der Waals surface area contributed by atoms with Crippen LogP contribution >= 0.6 is 11.8 Å². The summed E-state index contributed by atoms with van der Waals surface area (Å²) in [5.41, 5.74) is 0.922. The van der Waals surface area contributed by atoms with Crippen LogP contribution in [0.25, 0.3) is 0 Å². The fourth-order valence-electron chi connectivity index (χ4n) is 1.75. The lowest BCUT2D eigenvalue weighted by Gasteiger charge is -2.12. The van der Waals surface area contributed by atoms with Crippen molar-refractivity contribution in [3.05, 3.63) is 11.8 Å². The van der Waals surface area contributed by atoms with Crippen LogP contribution in [0.2, 0.25) is 0 Å². The molecule has 1 N–H and O–H groups in total. The third-order valence-corrected chi connectivity index (χ3v) is 3.37. The van der Waals surface area contributed by atoms with Crippen molar-refractivity contribution in [3.8, 4) is 0 Å². The first-order valence-electron chi connectivity index (χ1n) is 5.06. The second kappa shape index (κ2) is 4.29. The lowest BCUT2D eigenvalue weighted by atomic mass is 10.4. The topological polar surface area (TPSA) is 66.1 Å². The van der Waals surface area contributed by atoms with Crippen molar-refractivity contribution in [1.29, 1.82) is 0 Å². The van der Waals surface area contributed by atoms with E-state index in [2.05, 4.69) is 10.2 Å². The highest BCUT2D eigenvalue weighted by Gasteiger charge is 2.32. The zero-order valence-electron chi connectivity index (χ0n) is 9.19. The van der Waals surface area contributed by atoms with E-state index in [1.165, 1.54) is 18.7 Å². The van der Waals surface area contributed by atoms with Crippen molar-refractivity contribution in [2.75, 3.05) is 11.4 Å². The lowest BCUT2D eigenvalue weighted by molar-refractivity contribution is -0.117. The molecular weight excluding hydrogens is 226 g/mol. The fourth-order valence-corrected chi connectivity index (χ4v) is 2.67. The summed E-state index contributed by atoms with van der Waals surface area (Å²) >= 11 is 1.23. The Hall–Kier alpha value is -1.30. The summed E-state index contributed by atoms with van der Waals surface area (Å²) in [6.45, 7) is 3.97. The van der Waals surface area contributed by atoms with Gasteiger partial charge < -0.3 is 0 Å². The number of nitrogens with one attached hydrogen (secondary N) is 1. The standard InChI is InChI=1S/C10H13N3O2S/c1-6-3-9(12-11-6)13-5-8(4-10(13)15)16-7(2)14/h3,8H,4-5H2,1-2H3,(H,11,12). The van der Waals surface area contributed by atoms with Crippen molar-refractivity contribution in [1.82, 2.24) is 10.2 Å².